The predicted molar refractivity (Wildman–Crippen MR) is 27.7 cm³/mol. The van der Waals surface area contributed by atoms with Crippen molar-refractivity contribution in [1.82, 2.24) is 9.95 Å². The van der Waals surface area contributed by atoms with Crippen LogP contribution in [-0.2, 0) is 0 Å². The van der Waals surface area contributed by atoms with E-state index in [9.17, 15) is 9.59 Å². The second-order valence-corrected chi connectivity index (χ2v) is 1.18. The molecule has 0 radical (unpaired) electrons. The number of aromatic amines is 2. The summed E-state index contributed by atoms with van der Waals surface area (Å²) < 4.78 is 13.5. The summed E-state index contributed by atoms with van der Waals surface area (Å²) in [5, 5.41) is 0. The molecule has 1 rings (SSSR count). The van der Waals surface area contributed by atoms with Crippen molar-refractivity contribution in [2.24, 2.45) is 0 Å². The number of hydrogen-bond acceptors (Lipinski definition) is 2. The van der Waals surface area contributed by atoms with Crippen LogP contribution in [0.15, 0.2) is 21.9 Å². The standard InChI is InChI=1S/C4H4N2O2/c7-3-1-2-5-4(8)6-3/h1-2H,(H2,5,6,7,8)/i/hD2. The number of aromatic nitrogens is 2. The third kappa shape index (κ3) is 0.841. The maximum Gasteiger partial charge on any atom is 0.325 e. The van der Waals surface area contributed by atoms with Gasteiger partial charge in [0.1, 0.15) is 0 Å². The highest BCUT2D eigenvalue weighted by atomic mass is 16.2. The molecule has 0 unspecified atom stereocenters. The Hall–Kier alpha value is -1.32. The summed E-state index contributed by atoms with van der Waals surface area (Å²) in [5.74, 6) is 0. The van der Waals surface area contributed by atoms with Crippen molar-refractivity contribution < 1.29 is 2.82 Å². The lowest BCUT2D eigenvalue weighted by Crippen LogP contribution is -2.19. The van der Waals surface area contributed by atoms with E-state index in [1.54, 1.807) is 0 Å². The van der Waals surface area contributed by atoms with E-state index in [-0.39, 0.29) is 4.98 Å². The molecule has 1 aromatic heterocycles. The molecule has 0 fully saturated rings. The molecule has 0 aromatic carbocycles. The quantitative estimate of drug-likeness (QED) is 0.457. The Morgan fingerprint density at radius 1 is 1.62 bits per heavy atom. The van der Waals surface area contributed by atoms with Gasteiger partial charge in [-0.15, -0.1) is 0 Å². The first kappa shape index (κ1) is 2.86. The van der Waals surface area contributed by atoms with Gasteiger partial charge in [0, 0.05) is 12.3 Å². The Morgan fingerprint density at radius 3 is 3.00 bits per heavy atom. The normalized spacial score (nSPS) is 12.5. The summed E-state index contributed by atoms with van der Waals surface area (Å²) in [6.45, 7) is 0. The second-order valence-electron chi connectivity index (χ2n) is 1.18. The largest absolute Gasteiger partial charge is 0.325 e. The minimum absolute atomic E-state index is 0.118. The molecule has 0 amide bonds. The van der Waals surface area contributed by atoms with E-state index in [0.29, 0.717) is 4.98 Å². The Bertz CT molecular complexity index is 353. The first-order chi connectivity index (χ1) is 4.63. The van der Waals surface area contributed by atoms with E-state index in [4.69, 9.17) is 2.82 Å². The molecule has 0 spiro atoms. The van der Waals surface area contributed by atoms with Crippen LogP contribution in [0, 0.1) is 0 Å². The molecule has 42 valence electrons. The summed E-state index contributed by atoms with van der Waals surface area (Å²) >= 11 is 0. The second kappa shape index (κ2) is 1.65. The molecule has 1 heterocycles. The van der Waals surface area contributed by atoms with E-state index in [2.05, 4.69) is 0 Å². The summed E-state index contributed by atoms with van der Waals surface area (Å²) in [4.78, 5) is 21.5. The van der Waals surface area contributed by atoms with Gasteiger partial charge in [-0.2, -0.15) is 0 Å². The zero-order chi connectivity index (χ0) is 7.72. The van der Waals surface area contributed by atoms with Crippen LogP contribution >= 0.6 is 0 Å². The molecule has 0 saturated carbocycles. The molecular formula is C4H4N2O2. The molecule has 0 aliphatic carbocycles. The van der Waals surface area contributed by atoms with Crippen LogP contribution in [0.4, 0.5) is 0 Å². The van der Waals surface area contributed by atoms with E-state index in [1.807, 2.05) is 0 Å². The number of hydrogen-bond donors (Lipinski definition) is 2. The minimum Gasteiger partial charge on any atom is -0.314 e. The predicted octanol–water partition coefficient (Wildman–Crippen LogP) is -0.937. The molecule has 1 aromatic rings. The molecule has 2 N–H and O–H groups in total. The van der Waals surface area contributed by atoms with Crippen molar-refractivity contribution in [2.45, 2.75) is 0 Å². The maximum absolute atomic E-state index is 10.5. The molecule has 8 heavy (non-hydrogen) atoms. The average Bonchev–Trinajstić information content (AvgIpc) is 1.93. The van der Waals surface area contributed by atoms with Crippen LogP contribution in [0.5, 0.6) is 0 Å². The molecular weight excluding hydrogens is 108 g/mol. The molecule has 0 atom stereocenters. The van der Waals surface area contributed by atoms with Crippen molar-refractivity contribution in [1.29, 1.82) is 0 Å². The van der Waals surface area contributed by atoms with Crippen LogP contribution in [0.25, 0.3) is 0 Å². The van der Waals surface area contributed by atoms with Crippen LogP contribution in [-0.4, -0.2) is 9.95 Å². The van der Waals surface area contributed by atoms with Gasteiger partial charge in [0.15, 0.2) is 2.82 Å². The Labute approximate surface area is 47.1 Å². The topological polar surface area (TPSA) is 65.7 Å². The van der Waals surface area contributed by atoms with Crippen molar-refractivity contribution >= 4 is 0 Å². The van der Waals surface area contributed by atoms with E-state index in [0.717, 1.165) is 12.3 Å². The van der Waals surface area contributed by atoms with Crippen LogP contribution in [0.1, 0.15) is 0 Å². The van der Waals surface area contributed by atoms with E-state index >= 15 is 0 Å². The van der Waals surface area contributed by atoms with Crippen LogP contribution in [0.3, 0.4) is 0 Å². The first-order valence-electron chi connectivity index (χ1n) is 2.85. The fraction of sp³-hybridized carbons (Fsp3) is 0. The number of rotatable bonds is 0. The van der Waals surface area contributed by atoms with Crippen molar-refractivity contribution in [3.8, 4) is 0 Å². The van der Waals surface area contributed by atoms with Gasteiger partial charge < -0.3 is 4.98 Å². The van der Waals surface area contributed by atoms with Gasteiger partial charge >= 0.3 is 5.69 Å². The molecule has 0 bridgehead atoms. The summed E-state index contributed by atoms with van der Waals surface area (Å²) in [6.07, 6.45) is 0.996. The highest BCUT2D eigenvalue weighted by Gasteiger charge is 1.77. The Kier molecular flexibility index (Phi) is 0.590. The third-order valence-corrected chi connectivity index (χ3v) is 0.608. The minimum atomic E-state index is -0.965. The molecule has 4 nitrogen and oxygen atoms in total. The zero-order valence-corrected chi connectivity index (χ0v) is 3.87. The van der Waals surface area contributed by atoms with Gasteiger partial charge in [0.25, 0.3) is 5.56 Å². The summed E-state index contributed by atoms with van der Waals surface area (Å²) in [5.41, 5.74) is -1.69. The summed E-state index contributed by atoms with van der Waals surface area (Å²) in [7, 11) is 0. The SMILES string of the molecule is [2H]n1ccc(=O)n([2H])c1=O. The van der Waals surface area contributed by atoms with Crippen LogP contribution < -0.4 is 11.2 Å². The van der Waals surface area contributed by atoms with Gasteiger partial charge in [-0.05, 0) is 0 Å². The van der Waals surface area contributed by atoms with Crippen molar-refractivity contribution in [3.63, 3.8) is 0 Å². The maximum atomic E-state index is 10.5. The lowest BCUT2D eigenvalue weighted by Gasteiger charge is -1.75. The lowest BCUT2D eigenvalue weighted by atomic mass is 10.7. The monoisotopic (exact) mass is 114 g/mol. The third-order valence-electron chi connectivity index (χ3n) is 0.608. The fourth-order valence-corrected chi connectivity index (χ4v) is 0.325. The first-order valence-corrected chi connectivity index (χ1v) is 1.96. The average molecular weight is 114 g/mol. The van der Waals surface area contributed by atoms with Crippen molar-refractivity contribution in [2.75, 3.05) is 0 Å². The fourth-order valence-electron chi connectivity index (χ4n) is 0.325. The van der Waals surface area contributed by atoms with E-state index < -0.39 is 11.2 Å². The highest BCUT2D eigenvalue weighted by Crippen LogP contribution is 1.51. The lowest BCUT2D eigenvalue weighted by molar-refractivity contribution is 1.04. The zero-order valence-electron chi connectivity index (χ0n) is 5.87. The summed E-state index contributed by atoms with van der Waals surface area (Å²) in [6, 6.07) is 0.974. The smallest absolute Gasteiger partial charge is 0.314 e. The van der Waals surface area contributed by atoms with Gasteiger partial charge in [-0.1, -0.05) is 0 Å². The van der Waals surface area contributed by atoms with Gasteiger partial charge in [-0.3, -0.25) is 9.77 Å². The Morgan fingerprint density at radius 2 is 2.38 bits per heavy atom. The van der Waals surface area contributed by atoms with E-state index in [1.165, 1.54) is 0 Å². The van der Waals surface area contributed by atoms with Crippen LogP contribution in [0.2, 0.25) is 2.82 Å². The van der Waals surface area contributed by atoms with Gasteiger partial charge in [0.05, 0.1) is 0 Å². The highest BCUT2D eigenvalue weighted by molar-refractivity contribution is 4.77. The van der Waals surface area contributed by atoms with Gasteiger partial charge in [0.2, 0.25) is 0 Å². The number of H-pyrrole nitrogens is 2. The molecule has 0 saturated heterocycles. The molecule has 0 aliphatic rings. The molecule has 0 aliphatic heterocycles. The Balaban J connectivity index is 3.66. The molecule has 4 heteroatoms. The number of nitrogens with one attached hydrogen (secondary N) is 2. The van der Waals surface area contributed by atoms with Crippen molar-refractivity contribution in [3.05, 3.63) is 33.1 Å². The van der Waals surface area contributed by atoms with Gasteiger partial charge in [-0.25, -0.2) is 4.79 Å².